The van der Waals surface area contributed by atoms with Gasteiger partial charge in [0.2, 0.25) is 5.91 Å². The quantitative estimate of drug-likeness (QED) is 0.733. The number of carbonyl (C=O) groups is 2. The summed E-state index contributed by atoms with van der Waals surface area (Å²) in [6.07, 6.45) is -2.76. The van der Waals surface area contributed by atoms with E-state index in [-0.39, 0.29) is 29.7 Å². The molecule has 1 aliphatic carbocycles. The molecule has 0 radical (unpaired) electrons. The maximum atomic E-state index is 12.6. The number of nitrogens with two attached hydrogens (primary N) is 1. The van der Waals surface area contributed by atoms with Gasteiger partial charge in [0.25, 0.3) is 5.91 Å². The minimum absolute atomic E-state index is 0.0805. The molecule has 2 amide bonds. The Balaban J connectivity index is 2.02. The molecule has 5 nitrogen and oxygen atoms in total. The fraction of sp³-hybridized carbons (Fsp3) is 0.385. The zero-order valence-corrected chi connectivity index (χ0v) is 11.0. The van der Waals surface area contributed by atoms with Crippen molar-refractivity contribution < 1.29 is 22.8 Å². The molecule has 1 fully saturated rings. The van der Waals surface area contributed by atoms with Gasteiger partial charge >= 0.3 is 6.18 Å². The molecule has 0 spiro atoms. The first-order valence-electron chi connectivity index (χ1n) is 6.31. The molecule has 4 N–H and O–H groups in total. The maximum absolute atomic E-state index is 12.6. The van der Waals surface area contributed by atoms with Gasteiger partial charge < -0.3 is 16.4 Å². The summed E-state index contributed by atoms with van der Waals surface area (Å²) in [6, 6.07) is 2.63. The van der Waals surface area contributed by atoms with E-state index in [0.717, 1.165) is 25.0 Å². The topological polar surface area (TPSA) is 84.2 Å². The van der Waals surface area contributed by atoms with Crippen LogP contribution in [0.3, 0.4) is 0 Å². The van der Waals surface area contributed by atoms with E-state index >= 15 is 0 Å². The second kappa shape index (κ2) is 5.63. The lowest BCUT2D eigenvalue weighted by molar-refractivity contribution is -0.137. The summed E-state index contributed by atoms with van der Waals surface area (Å²) in [5.74, 6) is -1.19. The Kier molecular flexibility index (Phi) is 4.06. The van der Waals surface area contributed by atoms with E-state index in [9.17, 15) is 22.8 Å². The number of rotatable bonds is 4. The van der Waals surface area contributed by atoms with Gasteiger partial charge in [0.05, 0.1) is 17.7 Å². The van der Waals surface area contributed by atoms with Gasteiger partial charge in [0, 0.05) is 11.7 Å². The molecule has 114 valence electrons. The van der Waals surface area contributed by atoms with Crippen LogP contribution in [0.1, 0.15) is 28.8 Å². The van der Waals surface area contributed by atoms with Crippen LogP contribution in [0.15, 0.2) is 18.2 Å². The van der Waals surface area contributed by atoms with Crippen molar-refractivity contribution in [3.8, 4) is 0 Å². The SMILES string of the molecule is Nc1ccc(C(F)(F)F)cc1C(=O)NCC(=O)NC1CC1. The van der Waals surface area contributed by atoms with Crippen LogP contribution in [-0.2, 0) is 11.0 Å². The molecular formula is C13H14F3N3O2. The van der Waals surface area contributed by atoms with E-state index in [1.54, 1.807) is 0 Å². The Morgan fingerprint density at radius 1 is 1.29 bits per heavy atom. The molecule has 1 aromatic carbocycles. The Labute approximate surface area is 118 Å². The number of benzene rings is 1. The second-order valence-electron chi connectivity index (χ2n) is 4.82. The molecule has 1 saturated carbocycles. The number of halogens is 3. The van der Waals surface area contributed by atoms with E-state index in [1.165, 1.54) is 0 Å². The lowest BCUT2D eigenvalue weighted by Gasteiger charge is -2.11. The number of amides is 2. The van der Waals surface area contributed by atoms with Gasteiger partial charge in [0.15, 0.2) is 0 Å². The molecule has 1 aromatic rings. The van der Waals surface area contributed by atoms with Crippen molar-refractivity contribution in [2.24, 2.45) is 0 Å². The van der Waals surface area contributed by atoms with Crippen LogP contribution >= 0.6 is 0 Å². The largest absolute Gasteiger partial charge is 0.416 e. The zero-order valence-electron chi connectivity index (χ0n) is 11.0. The predicted octanol–water partition coefficient (Wildman–Crippen LogP) is 1.30. The Morgan fingerprint density at radius 2 is 1.95 bits per heavy atom. The molecule has 21 heavy (non-hydrogen) atoms. The molecule has 0 atom stereocenters. The maximum Gasteiger partial charge on any atom is 0.416 e. The lowest BCUT2D eigenvalue weighted by atomic mass is 10.1. The van der Waals surface area contributed by atoms with Crippen LogP contribution < -0.4 is 16.4 Å². The second-order valence-corrected chi connectivity index (χ2v) is 4.82. The summed E-state index contributed by atoms with van der Waals surface area (Å²) < 4.78 is 37.8. The van der Waals surface area contributed by atoms with Crippen LogP contribution in [0.25, 0.3) is 0 Å². The van der Waals surface area contributed by atoms with Gasteiger partial charge in [-0.3, -0.25) is 9.59 Å². The average Bonchev–Trinajstić information content (AvgIpc) is 3.19. The minimum atomic E-state index is -4.56. The minimum Gasteiger partial charge on any atom is -0.398 e. The molecule has 0 unspecified atom stereocenters. The summed E-state index contributed by atoms with van der Waals surface area (Å²) in [7, 11) is 0. The van der Waals surface area contributed by atoms with Crippen molar-refractivity contribution in [1.82, 2.24) is 10.6 Å². The first kappa shape index (κ1) is 15.1. The van der Waals surface area contributed by atoms with E-state index in [4.69, 9.17) is 5.73 Å². The van der Waals surface area contributed by atoms with Crippen LogP contribution in [-0.4, -0.2) is 24.4 Å². The number of nitrogens with one attached hydrogen (secondary N) is 2. The van der Waals surface area contributed by atoms with Crippen LogP contribution in [0, 0.1) is 0 Å². The summed E-state index contributed by atoms with van der Waals surface area (Å²) in [5.41, 5.74) is 4.15. The predicted molar refractivity (Wildman–Crippen MR) is 69.4 cm³/mol. The third kappa shape index (κ3) is 4.11. The third-order valence-corrected chi connectivity index (χ3v) is 2.98. The summed E-state index contributed by atoms with van der Waals surface area (Å²) in [4.78, 5) is 23.2. The normalized spacial score (nSPS) is 14.6. The monoisotopic (exact) mass is 301 g/mol. The highest BCUT2D eigenvalue weighted by atomic mass is 19.4. The van der Waals surface area contributed by atoms with Crippen molar-refractivity contribution in [1.29, 1.82) is 0 Å². The first-order chi connectivity index (χ1) is 9.77. The van der Waals surface area contributed by atoms with E-state index in [1.807, 2.05) is 0 Å². The number of carbonyl (C=O) groups excluding carboxylic acids is 2. The van der Waals surface area contributed by atoms with E-state index in [2.05, 4.69) is 10.6 Å². The fourth-order valence-electron chi connectivity index (χ4n) is 1.69. The van der Waals surface area contributed by atoms with Crippen LogP contribution in [0.5, 0.6) is 0 Å². The number of hydrogen-bond acceptors (Lipinski definition) is 3. The van der Waals surface area contributed by atoms with Crippen LogP contribution in [0.2, 0.25) is 0 Å². The summed E-state index contributed by atoms with van der Waals surface area (Å²) >= 11 is 0. The lowest BCUT2D eigenvalue weighted by Crippen LogP contribution is -2.38. The summed E-state index contributed by atoms with van der Waals surface area (Å²) in [6.45, 7) is -0.301. The smallest absolute Gasteiger partial charge is 0.398 e. The number of alkyl halides is 3. The molecule has 8 heteroatoms. The molecule has 2 rings (SSSR count). The Morgan fingerprint density at radius 3 is 2.52 bits per heavy atom. The highest BCUT2D eigenvalue weighted by molar-refractivity contribution is 6.00. The highest BCUT2D eigenvalue weighted by Gasteiger charge is 2.31. The van der Waals surface area contributed by atoms with Gasteiger partial charge in [-0.25, -0.2) is 0 Å². The number of hydrogen-bond donors (Lipinski definition) is 3. The van der Waals surface area contributed by atoms with Crippen molar-refractivity contribution >= 4 is 17.5 Å². The Hall–Kier alpha value is -2.25. The molecule has 0 saturated heterocycles. The first-order valence-corrected chi connectivity index (χ1v) is 6.31. The zero-order chi connectivity index (χ0) is 15.6. The number of nitrogen functional groups attached to an aromatic ring is 1. The van der Waals surface area contributed by atoms with Crippen molar-refractivity contribution in [3.63, 3.8) is 0 Å². The van der Waals surface area contributed by atoms with Crippen molar-refractivity contribution in [2.45, 2.75) is 25.1 Å². The molecular weight excluding hydrogens is 287 g/mol. The summed E-state index contributed by atoms with van der Waals surface area (Å²) in [5, 5.41) is 4.90. The van der Waals surface area contributed by atoms with Gasteiger partial charge in [-0.2, -0.15) is 13.2 Å². The van der Waals surface area contributed by atoms with Crippen molar-refractivity contribution in [2.75, 3.05) is 12.3 Å². The van der Waals surface area contributed by atoms with Crippen LogP contribution in [0.4, 0.5) is 18.9 Å². The average molecular weight is 301 g/mol. The van der Waals surface area contributed by atoms with Gasteiger partial charge in [-0.15, -0.1) is 0 Å². The molecule has 0 bridgehead atoms. The fourth-order valence-corrected chi connectivity index (χ4v) is 1.69. The molecule has 0 aromatic heterocycles. The molecule has 0 heterocycles. The standard InChI is InChI=1S/C13H14F3N3O2/c14-13(15,16)7-1-4-10(17)9(5-7)12(21)18-6-11(20)19-8-2-3-8/h1,4-5,8H,2-3,6,17H2,(H,18,21)(H,19,20). The third-order valence-electron chi connectivity index (χ3n) is 2.98. The van der Waals surface area contributed by atoms with E-state index < -0.39 is 17.6 Å². The van der Waals surface area contributed by atoms with E-state index in [0.29, 0.717) is 6.07 Å². The van der Waals surface area contributed by atoms with Gasteiger partial charge in [-0.1, -0.05) is 0 Å². The molecule has 0 aliphatic heterocycles. The molecule has 1 aliphatic rings. The van der Waals surface area contributed by atoms with Gasteiger partial charge in [0.1, 0.15) is 0 Å². The highest BCUT2D eigenvalue weighted by Crippen LogP contribution is 2.31. The van der Waals surface area contributed by atoms with Crippen molar-refractivity contribution in [3.05, 3.63) is 29.3 Å². The van der Waals surface area contributed by atoms with Gasteiger partial charge in [-0.05, 0) is 31.0 Å². The Bertz CT molecular complexity index is 568. The number of anilines is 1.